The van der Waals surface area contributed by atoms with Gasteiger partial charge < -0.3 is 10.6 Å². The number of carbonyl (C=O) groups is 1. The van der Waals surface area contributed by atoms with Crippen molar-refractivity contribution in [3.05, 3.63) is 101 Å². The van der Waals surface area contributed by atoms with Crippen LogP contribution in [0.1, 0.15) is 39.6 Å². The second-order valence-electron chi connectivity index (χ2n) is 8.50. The van der Waals surface area contributed by atoms with E-state index in [1.54, 1.807) is 36.7 Å². The highest BCUT2D eigenvalue weighted by atomic mass is 32.1. The summed E-state index contributed by atoms with van der Waals surface area (Å²) < 4.78 is 4.20. The minimum atomic E-state index is -0.291. The molecule has 0 bridgehead atoms. The molecule has 2 N–H and O–H groups in total. The first-order chi connectivity index (χ1) is 18.5. The van der Waals surface area contributed by atoms with Crippen LogP contribution in [-0.2, 0) is 0 Å². The molecule has 0 aliphatic heterocycles. The number of aromatic nitrogens is 5. The van der Waals surface area contributed by atoms with Gasteiger partial charge in [0.1, 0.15) is 28.3 Å². The van der Waals surface area contributed by atoms with E-state index in [0.717, 1.165) is 34.0 Å². The molecule has 1 aromatic carbocycles. The molecule has 0 fully saturated rings. The molecule has 5 rings (SSSR count). The molecule has 186 valence electrons. The Kier molecular flexibility index (Phi) is 7.10. The molecule has 0 saturated heterocycles. The third-order valence-corrected chi connectivity index (χ3v) is 6.38. The number of rotatable bonds is 7. The van der Waals surface area contributed by atoms with Crippen molar-refractivity contribution in [1.29, 1.82) is 5.26 Å². The monoisotopic (exact) mass is 518 g/mol. The summed E-state index contributed by atoms with van der Waals surface area (Å²) in [6.45, 7) is 3.76. The number of aryl methyl sites for hydroxylation is 1. The van der Waals surface area contributed by atoms with Gasteiger partial charge in [-0.15, -0.1) is 0 Å². The number of pyridine rings is 2. The van der Waals surface area contributed by atoms with Crippen LogP contribution in [0.25, 0.3) is 22.6 Å². The van der Waals surface area contributed by atoms with Crippen molar-refractivity contribution in [2.45, 2.75) is 19.9 Å². The van der Waals surface area contributed by atoms with E-state index in [0.29, 0.717) is 27.9 Å². The Morgan fingerprint density at radius 1 is 0.947 bits per heavy atom. The largest absolute Gasteiger partial charge is 0.344 e. The fourth-order valence-electron chi connectivity index (χ4n) is 3.74. The molecule has 0 radical (unpaired) electrons. The zero-order chi connectivity index (χ0) is 26.5. The average molecular weight is 519 g/mol. The lowest BCUT2D eigenvalue weighted by atomic mass is 10.1. The van der Waals surface area contributed by atoms with Crippen LogP contribution in [0.4, 0.5) is 11.6 Å². The normalized spacial score (nSPS) is 11.4. The van der Waals surface area contributed by atoms with E-state index in [2.05, 4.69) is 41.0 Å². The topological polar surface area (TPSA) is 129 Å². The van der Waals surface area contributed by atoms with E-state index in [1.807, 2.05) is 56.3 Å². The summed E-state index contributed by atoms with van der Waals surface area (Å²) in [4.78, 5) is 31.2. The molecule has 1 atom stereocenters. The maximum Gasteiger partial charge on any atom is 0.270 e. The molecule has 4 heterocycles. The van der Waals surface area contributed by atoms with E-state index < -0.39 is 0 Å². The molecule has 38 heavy (non-hydrogen) atoms. The number of nitriles is 1. The van der Waals surface area contributed by atoms with Gasteiger partial charge in [-0.1, -0.05) is 36.4 Å². The van der Waals surface area contributed by atoms with Crippen molar-refractivity contribution in [1.82, 2.24) is 29.6 Å². The van der Waals surface area contributed by atoms with Crippen LogP contribution in [0.2, 0.25) is 0 Å². The summed E-state index contributed by atoms with van der Waals surface area (Å²) in [6, 6.07) is 22.5. The van der Waals surface area contributed by atoms with Crippen molar-refractivity contribution in [3.8, 4) is 28.7 Å². The summed E-state index contributed by atoms with van der Waals surface area (Å²) in [7, 11) is 0. The Labute approximate surface area is 223 Å². The van der Waals surface area contributed by atoms with E-state index >= 15 is 0 Å². The van der Waals surface area contributed by atoms with Crippen LogP contribution in [0.15, 0.2) is 79.1 Å². The number of hydrogen-bond donors (Lipinski definition) is 2. The van der Waals surface area contributed by atoms with Crippen LogP contribution in [0, 0.1) is 18.3 Å². The Morgan fingerprint density at radius 3 is 2.47 bits per heavy atom. The molecule has 10 heteroatoms. The highest BCUT2D eigenvalue weighted by molar-refractivity contribution is 7.06. The van der Waals surface area contributed by atoms with Crippen molar-refractivity contribution < 1.29 is 4.79 Å². The Bertz CT molecular complexity index is 1610. The molecule has 1 amide bonds. The Balaban J connectivity index is 1.26. The first kappa shape index (κ1) is 24.7. The van der Waals surface area contributed by atoms with Gasteiger partial charge in [0.05, 0.1) is 11.7 Å². The maximum atomic E-state index is 12.8. The Morgan fingerprint density at radius 2 is 1.79 bits per heavy atom. The molecule has 1 unspecified atom stereocenters. The average Bonchev–Trinajstić information content (AvgIpc) is 3.41. The quantitative estimate of drug-likeness (QED) is 0.290. The van der Waals surface area contributed by atoms with Crippen molar-refractivity contribution in [2.75, 3.05) is 5.32 Å². The third kappa shape index (κ3) is 5.69. The minimum Gasteiger partial charge on any atom is -0.344 e. The van der Waals surface area contributed by atoms with Crippen molar-refractivity contribution in [2.24, 2.45) is 0 Å². The number of hydrogen-bond acceptors (Lipinski definition) is 9. The van der Waals surface area contributed by atoms with Crippen LogP contribution in [0.5, 0.6) is 0 Å². The van der Waals surface area contributed by atoms with Gasteiger partial charge in [0.25, 0.3) is 5.91 Å². The second kappa shape index (κ2) is 10.9. The van der Waals surface area contributed by atoms with Gasteiger partial charge in [0, 0.05) is 41.3 Å². The lowest BCUT2D eigenvalue weighted by Gasteiger charge is -2.14. The lowest BCUT2D eigenvalue weighted by Crippen LogP contribution is -2.27. The van der Waals surface area contributed by atoms with Gasteiger partial charge in [0.2, 0.25) is 0 Å². The van der Waals surface area contributed by atoms with E-state index in [1.165, 1.54) is 0 Å². The number of benzene rings is 1. The van der Waals surface area contributed by atoms with Crippen LogP contribution >= 0.6 is 11.5 Å². The van der Waals surface area contributed by atoms with Gasteiger partial charge in [0.15, 0.2) is 5.82 Å². The van der Waals surface area contributed by atoms with Gasteiger partial charge >= 0.3 is 0 Å². The molecule has 0 aliphatic rings. The SMILES string of the molecule is Cc1cc(Nc2cc(C#N)sn2)nc(-c2ccc(C(=O)NC(C)c3ccc(-c4ccccc4)nc3)nc2)n1. The smallest absolute Gasteiger partial charge is 0.270 e. The second-order valence-corrected chi connectivity index (χ2v) is 9.31. The molecule has 0 aliphatic carbocycles. The lowest BCUT2D eigenvalue weighted by molar-refractivity contribution is 0.0935. The van der Waals surface area contributed by atoms with E-state index in [9.17, 15) is 4.79 Å². The van der Waals surface area contributed by atoms with E-state index in [-0.39, 0.29) is 17.6 Å². The highest BCUT2D eigenvalue weighted by Crippen LogP contribution is 2.22. The maximum absolute atomic E-state index is 12.8. The molecule has 9 nitrogen and oxygen atoms in total. The number of anilines is 2. The number of amides is 1. The van der Waals surface area contributed by atoms with Gasteiger partial charge in [-0.3, -0.25) is 14.8 Å². The summed E-state index contributed by atoms with van der Waals surface area (Å²) in [5.41, 5.74) is 4.50. The first-order valence-electron chi connectivity index (χ1n) is 11.8. The summed E-state index contributed by atoms with van der Waals surface area (Å²) >= 11 is 1.11. The first-order valence-corrected chi connectivity index (χ1v) is 12.5. The van der Waals surface area contributed by atoms with E-state index in [4.69, 9.17) is 5.26 Å². The fourth-order valence-corrected chi connectivity index (χ4v) is 4.24. The van der Waals surface area contributed by atoms with Crippen molar-refractivity contribution in [3.63, 3.8) is 0 Å². The molecule has 0 saturated carbocycles. The van der Waals surface area contributed by atoms with Crippen LogP contribution in [0.3, 0.4) is 0 Å². The minimum absolute atomic E-state index is 0.248. The number of nitrogens with zero attached hydrogens (tertiary/aromatic N) is 6. The molecular formula is C28H22N8OS. The molecular weight excluding hydrogens is 496 g/mol. The van der Waals surface area contributed by atoms with Gasteiger partial charge in [-0.05, 0) is 49.1 Å². The number of carbonyl (C=O) groups excluding carboxylic acids is 1. The summed E-state index contributed by atoms with van der Waals surface area (Å²) in [5.74, 6) is 1.26. The highest BCUT2D eigenvalue weighted by Gasteiger charge is 2.15. The van der Waals surface area contributed by atoms with Gasteiger partial charge in [-0.2, -0.15) is 9.64 Å². The summed E-state index contributed by atoms with van der Waals surface area (Å²) in [5, 5.41) is 15.1. The number of nitrogens with one attached hydrogen (secondary N) is 2. The predicted octanol–water partition coefficient (Wildman–Crippen LogP) is 5.47. The molecule has 5 aromatic rings. The van der Waals surface area contributed by atoms with Crippen LogP contribution < -0.4 is 10.6 Å². The van der Waals surface area contributed by atoms with Crippen LogP contribution in [-0.4, -0.2) is 30.2 Å². The summed E-state index contributed by atoms with van der Waals surface area (Å²) in [6.07, 6.45) is 3.35. The third-order valence-electron chi connectivity index (χ3n) is 5.69. The van der Waals surface area contributed by atoms with Crippen molar-refractivity contribution >= 4 is 29.1 Å². The molecule has 0 spiro atoms. The fraction of sp³-hybridized carbons (Fsp3) is 0.107. The Hall–Kier alpha value is -5.01. The zero-order valence-electron chi connectivity index (χ0n) is 20.6. The standard InChI is InChI=1S/C28H22N8OS/c1-17-12-25(34-26-13-22(14-29)38-36-26)35-27(32-17)21-9-11-24(31-16-21)28(37)33-18(2)20-8-10-23(30-15-20)19-6-4-3-5-7-19/h3-13,15-16,18H,1-2H3,(H,33,37)(H,32,34,35,36). The molecule has 4 aromatic heterocycles. The zero-order valence-corrected chi connectivity index (χ0v) is 21.4. The predicted molar refractivity (Wildman–Crippen MR) is 146 cm³/mol. The van der Waals surface area contributed by atoms with Gasteiger partial charge in [-0.25, -0.2) is 9.97 Å².